The summed E-state index contributed by atoms with van der Waals surface area (Å²) in [6.07, 6.45) is 0. The van der Waals surface area contributed by atoms with E-state index in [2.05, 4.69) is 267 Å². The molecule has 12 aromatic rings. The van der Waals surface area contributed by atoms with Crippen LogP contribution in [-0.4, -0.2) is 0 Å². The van der Waals surface area contributed by atoms with Crippen LogP contribution in [0.4, 0.5) is 17.1 Å². The van der Waals surface area contributed by atoms with Crippen LogP contribution in [-0.2, 0) is 10.8 Å². The molecule has 72 heavy (non-hydrogen) atoms. The van der Waals surface area contributed by atoms with Crippen LogP contribution in [0.5, 0.6) is 0 Å². The van der Waals surface area contributed by atoms with E-state index in [4.69, 9.17) is 4.42 Å². The second kappa shape index (κ2) is 15.3. The summed E-state index contributed by atoms with van der Waals surface area (Å²) in [5.41, 5.74) is 27.1. The van der Waals surface area contributed by atoms with Gasteiger partial charge in [0.25, 0.3) is 0 Å². The first-order valence-electron chi connectivity index (χ1n) is 25.2. The van der Waals surface area contributed by atoms with E-state index in [1.54, 1.807) is 0 Å². The van der Waals surface area contributed by atoms with E-state index in [-0.39, 0.29) is 5.41 Å². The smallest absolute Gasteiger partial charge is 0.160 e. The first-order valence-corrected chi connectivity index (χ1v) is 25.2. The molecule has 0 amide bonds. The van der Waals surface area contributed by atoms with Gasteiger partial charge >= 0.3 is 0 Å². The predicted molar refractivity (Wildman–Crippen MR) is 299 cm³/mol. The van der Waals surface area contributed by atoms with Crippen molar-refractivity contribution in [2.24, 2.45) is 0 Å². The lowest BCUT2D eigenvalue weighted by atomic mass is 9.70. The number of hydrogen-bond donors (Lipinski definition) is 0. The Hall–Kier alpha value is -8.98. The molecule has 15 rings (SSSR count). The highest BCUT2D eigenvalue weighted by atomic mass is 16.3. The summed E-state index contributed by atoms with van der Waals surface area (Å²) >= 11 is 0. The summed E-state index contributed by atoms with van der Waals surface area (Å²) in [5.74, 6) is 0. The number of rotatable bonds is 6. The molecule has 2 heteroatoms. The van der Waals surface area contributed by atoms with Crippen molar-refractivity contribution >= 4 is 39.0 Å². The molecule has 0 saturated carbocycles. The molecule has 0 radical (unpaired) electrons. The zero-order chi connectivity index (χ0) is 47.7. The fourth-order valence-electron chi connectivity index (χ4n) is 13.1. The van der Waals surface area contributed by atoms with Gasteiger partial charge in [-0.1, -0.05) is 220 Å². The van der Waals surface area contributed by atoms with E-state index in [9.17, 15) is 0 Å². The van der Waals surface area contributed by atoms with Crippen molar-refractivity contribution in [2.45, 2.75) is 24.7 Å². The molecule has 11 aromatic carbocycles. The molecular weight excluding hydrogens is 871 g/mol. The molecule has 0 saturated heterocycles. The minimum atomic E-state index is -0.514. The van der Waals surface area contributed by atoms with E-state index >= 15 is 0 Å². The molecule has 0 fully saturated rings. The van der Waals surface area contributed by atoms with E-state index in [1.807, 2.05) is 0 Å². The maximum absolute atomic E-state index is 7.20. The fourth-order valence-corrected chi connectivity index (χ4v) is 13.1. The van der Waals surface area contributed by atoms with Crippen LogP contribution >= 0.6 is 0 Å². The topological polar surface area (TPSA) is 16.4 Å². The lowest BCUT2D eigenvalue weighted by molar-refractivity contribution is 0.660. The largest absolute Gasteiger partial charge is 0.454 e. The summed E-state index contributed by atoms with van der Waals surface area (Å²) < 4.78 is 7.20. The zero-order valence-electron chi connectivity index (χ0n) is 40.0. The van der Waals surface area contributed by atoms with Crippen LogP contribution in [0.15, 0.2) is 253 Å². The SMILES string of the molecule is CC1(C)c2ccccc2-c2ccc(N(c3ccc(-c4ccccc4)cc3)c3ccc(-c4ccc5c(c4)C4(c6ccccc6-c6ccccc64)c4cccc(-c6ccccc6)c4-5)c4c3oc3ccccc34)cc21. The van der Waals surface area contributed by atoms with E-state index in [0.717, 1.165) is 50.1 Å². The highest BCUT2D eigenvalue weighted by Crippen LogP contribution is 2.65. The first kappa shape index (κ1) is 40.9. The molecule has 1 heterocycles. The maximum Gasteiger partial charge on any atom is 0.160 e. The van der Waals surface area contributed by atoms with Gasteiger partial charge in [-0.05, 0) is 143 Å². The van der Waals surface area contributed by atoms with Crippen LogP contribution in [0.2, 0.25) is 0 Å². The summed E-state index contributed by atoms with van der Waals surface area (Å²) in [4.78, 5) is 2.41. The number of anilines is 3. The molecule has 0 atom stereocenters. The molecule has 0 aliphatic heterocycles. The Kier molecular flexibility index (Phi) is 8.66. The van der Waals surface area contributed by atoms with Gasteiger partial charge in [-0.15, -0.1) is 0 Å². The zero-order valence-corrected chi connectivity index (χ0v) is 40.0. The van der Waals surface area contributed by atoms with Gasteiger partial charge in [0.05, 0.1) is 11.1 Å². The standard InChI is InChI=1S/C70H47NO/c1-69(2)58-27-13-9-22-52(58)55-39-37-49(43-62(55)69)71(48-35-32-45(33-36-48)44-18-5-3-6-19-44)64-41-40-51(67-57-25-12-16-31-65(57)72-68(64)67)47-34-38-56-63(42-47)70(59-28-14-10-23-53(59)54-24-11-15-29-60(54)70)61-30-17-26-50(66(56)61)46-20-7-4-8-21-46/h3-43H,1-2H3. The minimum Gasteiger partial charge on any atom is -0.454 e. The third-order valence-electron chi connectivity index (χ3n) is 16.3. The molecule has 2 nitrogen and oxygen atoms in total. The Labute approximate surface area is 419 Å². The van der Waals surface area contributed by atoms with Crippen molar-refractivity contribution in [1.82, 2.24) is 0 Å². The second-order valence-electron chi connectivity index (χ2n) is 20.3. The van der Waals surface area contributed by atoms with Crippen molar-refractivity contribution < 1.29 is 4.42 Å². The van der Waals surface area contributed by atoms with Gasteiger partial charge in [0.2, 0.25) is 0 Å². The summed E-state index contributed by atoms with van der Waals surface area (Å²) in [5, 5.41) is 2.19. The molecule has 1 aromatic heterocycles. The van der Waals surface area contributed by atoms with Crippen molar-refractivity contribution in [3.63, 3.8) is 0 Å². The van der Waals surface area contributed by atoms with Crippen molar-refractivity contribution in [1.29, 1.82) is 0 Å². The molecule has 3 aliphatic rings. The number of nitrogens with zero attached hydrogens (tertiary/aromatic N) is 1. The van der Waals surface area contributed by atoms with E-state index < -0.39 is 5.41 Å². The van der Waals surface area contributed by atoms with Gasteiger partial charge in [0, 0.05) is 27.6 Å². The van der Waals surface area contributed by atoms with Gasteiger partial charge < -0.3 is 9.32 Å². The summed E-state index contributed by atoms with van der Waals surface area (Å²) in [7, 11) is 0. The quantitative estimate of drug-likeness (QED) is 0.165. The number of hydrogen-bond acceptors (Lipinski definition) is 2. The highest BCUT2D eigenvalue weighted by Gasteiger charge is 2.52. The number of para-hydroxylation sites is 1. The normalized spacial score (nSPS) is 13.9. The molecule has 1 spiro atoms. The summed E-state index contributed by atoms with van der Waals surface area (Å²) in [6.45, 7) is 4.72. The van der Waals surface area contributed by atoms with E-state index in [1.165, 1.54) is 89.0 Å². The number of fused-ring (bicyclic) bond motifs is 16. The van der Waals surface area contributed by atoms with Gasteiger partial charge in [-0.2, -0.15) is 0 Å². The van der Waals surface area contributed by atoms with Crippen LogP contribution in [0.25, 0.3) is 88.7 Å². The molecule has 0 bridgehead atoms. The maximum atomic E-state index is 7.20. The van der Waals surface area contributed by atoms with Crippen molar-refractivity contribution in [3.8, 4) is 66.8 Å². The van der Waals surface area contributed by atoms with Gasteiger partial charge in [-0.3, -0.25) is 0 Å². The number of benzene rings is 11. The van der Waals surface area contributed by atoms with Crippen molar-refractivity contribution in [2.75, 3.05) is 4.90 Å². The van der Waals surface area contributed by atoms with Gasteiger partial charge in [0.15, 0.2) is 5.58 Å². The minimum absolute atomic E-state index is 0.171. The van der Waals surface area contributed by atoms with Crippen LogP contribution in [0.1, 0.15) is 47.2 Å². The average Bonchev–Trinajstić information content (AvgIpc) is 4.14. The van der Waals surface area contributed by atoms with Crippen LogP contribution in [0.3, 0.4) is 0 Å². The Morgan fingerprint density at radius 1 is 0.333 bits per heavy atom. The molecular formula is C70H47NO. The van der Waals surface area contributed by atoms with Crippen LogP contribution < -0.4 is 4.90 Å². The predicted octanol–water partition coefficient (Wildman–Crippen LogP) is 18.7. The van der Waals surface area contributed by atoms with Gasteiger partial charge in [-0.25, -0.2) is 0 Å². The monoisotopic (exact) mass is 917 g/mol. The lowest BCUT2D eigenvalue weighted by Crippen LogP contribution is -2.25. The van der Waals surface area contributed by atoms with E-state index in [0.29, 0.717) is 0 Å². The molecule has 0 unspecified atom stereocenters. The Balaban J connectivity index is 0.972. The van der Waals surface area contributed by atoms with Crippen molar-refractivity contribution in [3.05, 3.63) is 282 Å². The molecule has 338 valence electrons. The summed E-state index contributed by atoms with van der Waals surface area (Å²) in [6, 6.07) is 92.1. The number of furan rings is 1. The van der Waals surface area contributed by atoms with Gasteiger partial charge in [0.1, 0.15) is 5.58 Å². The Bertz CT molecular complexity index is 4130. The third kappa shape index (κ3) is 5.61. The molecule has 0 N–H and O–H groups in total. The Morgan fingerprint density at radius 2 is 0.861 bits per heavy atom. The van der Waals surface area contributed by atoms with Crippen LogP contribution in [0, 0.1) is 0 Å². The first-order chi connectivity index (χ1) is 35.5. The second-order valence-corrected chi connectivity index (χ2v) is 20.3. The highest BCUT2D eigenvalue weighted by molar-refractivity contribution is 6.17. The lowest BCUT2D eigenvalue weighted by Gasteiger charge is -2.31. The Morgan fingerprint density at radius 3 is 1.60 bits per heavy atom. The fraction of sp³-hybridized carbons (Fsp3) is 0.0571. The molecule has 3 aliphatic carbocycles. The average molecular weight is 918 g/mol. The third-order valence-corrected chi connectivity index (χ3v) is 16.3.